The Labute approximate surface area is 165 Å². The van der Waals surface area contributed by atoms with Crippen LogP contribution in [0.2, 0.25) is 0 Å². The van der Waals surface area contributed by atoms with Crippen LogP contribution in [-0.4, -0.2) is 66.9 Å². The second-order valence-corrected chi connectivity index (χ2v) is 6.44. The molecule has 8 heteroatoms. The molecule has 1 aliphatic heterocycles. The highest BCUT2D eigenvalue weighted by Gasteiger charge is 2.17. The van der Waals surface area contributed by atoms with Gasteiger partial charge in [0.25, 0.3) is 0 Å². The topological polar surface area (TPSA) is 79.8 Å². The Balaban J connectivity index is 1.32. The van der Waals surface area contributed by atoms with Crippen molar-refractivity contribution >= 4 is 17.6 Å². The van der Waals surface area contributed by atoms with Gasteiger partial charge in [0.05, 0.1) is 25.1 Å². The van der Waals surface area contributed by atoms with E-state index in [0.717, 1.165) is 45.0 Å². The highest BCUT2D eigenvalue weighted by atomic mass is 16.5. The van der Waals surface area contributed by atoms with Crippen molar-refractivity contribution < 1.29 is 14.3 Å². The molecular formula is C20H27N5O3. The van der Waals surface area contributed by atoms with Gasteiger partial charge in [-0.25, -0.2) is 9.78 Å². The lowest BCUT2D eigenvalue weighted by atomic mass is 10.3. The first-order chi connectivity index (χ1) is 13.8. The van der Waals surface area contributed by atoms with E-state index in [9.17, 15) is 4.79 Å². The summed E-state index contributed by atoms with van der Waals surface area (Å²) in [4.78, 5) is 25.1. The summed E-state index contributed by atoms with van der Waals surface area (Å²) in [5, 5.41) is 2.74. The number of rotatable bonds is 8. The predicted molar refractivity (Wildman–Crippen MR) is 108 cm³/mol. The van der Waals surface area contributed by atoms with E-state index in [0.29, 0.717) is 24.7 Å². The van der Waals surface area contributed by atoms with E-state index < -0.39 is 6.09 Å². The summed E-state index contributed by atoms with van der Waals surface area (Å²) in [6.07, 6.45) is 5.54. The Morgan fingerprint density at radius 2 is 2.00 bits per heavy atom. The molecule has 0 atom stereocenters. The van der Waals surface area contributed by atoms with Crippen molar-refractivity contribution in [1.29, 1.82) is 0 Å². The van der Waals surface area contributed by atoms with Crippen LogP contribution in [0.4, 0.5) is 16.3 Å². The number of carbonyl (C=O) groups is 1. The van der Waals surface area contributed by atoms with Gasteiger partial charge in [0.15, 0.2) is 0 Å². The minimum atomic E-state index is -0.459. The molecule has 3 rings (SSSR count). The summed E-state index contributed by atoms with van der Waals surface area (Å²) >= 11 is 0. The average molecular weight is 385 g/mol. The van der Waals surface area contributed by atoms with Crippen LogP contribution in [0.5, 0.6) is 5.75 Å². The summed E-state index contributed by atoms with van der Waals surface area (Å²) in [5.74, 6) is 1.57. The number of anilines is 2. The lowest BCUT2D eigenvalue weighted by Crippen LogP contribution is -2.47. The summed E-state index contributed by atoms with van der Waals surface area (Å²) < 4.78 is 10.8. The quantitative estimate of drug-likeness (QED) is 0.700. The minimum absolute atomic E-state index is 0.382. The molecule has 0 saturated carbocycles. The van der Waals surface area contributed by atoms with Crippen LogP contribution in [-0.2, 0) is 4.74 Å². The first-order valence-electron chi connectivity index (χ1n) is 9.65. The molecule has 8 nitrogen and oxygen atoms in total. The molecule has 2 heterocycles. The molecule has 28 heavy (non-hydrogen) atoms. The van der Waals surface area contributed by atoms with E-state index in [1.807, 2.05) is 25.1 Å². The molecule has 0 bridgehead atoms. The third-order valence-electron chi connectivity index (χ3n) is 4.52. The molecule has 0 unspecified atom stereocenters. The number of para-hydroxylation sites is 2. The molecule has 1 aliphatic rings. The van der Waals surface area contributed by atoms with Crippen molar-refractivity contribution in [1.82, 2.24) is 14.9 Å². The Kier molecular flexibility index (Phi) is 7.43. The van der Waals surface area contributed by atoms with E-state index in [2.05, 4.69) is 25.1 Å². The van der Waals surface area contributed by atoms with Gasteiger partial charge in [-0.3, -0.25) is 15.2 Å². The van der Waals surface area contributed by atoms with Crippen molar-refractivity contribution in [2.45, 2.75) is 13.3 Å². The van der Waals surface area contributed by atoms with Crippen molar-refractivity contribution in [3.8, 4) is 5.75 Å². The fourth-order valence-corrected chi connectivity index (χ4v) is 3.11. The van der Waals surface area contributed by atoms with Crippen LogP contribution < -0.4 is 15.0 Å². The molecule has 1 fully saturated rings. The van der Waals surface area contributed by atoms with Gasteiger partial charge in [0.1, 0.15) is 11.6 Å². The number of hydrogen-bond acceptors (Lipinski definition) is 7. The number of hydrogen-bond donors (Lipinski definition) is 1. The van der Waals surface area contributed by atoms with Crippen LogP contribution in [0.1, 0.15) is 13.3 Å². The molecule has 0 spiro atoms. The van der Waals surface area contributed by atoms with Crippen LogP contribution >= 0.6 is 0 Å². The van der Waals surface area contributed by atoms with Gasteiger partial charge in [-0.15, -0.1) is 0 Å². The molecule has 1 N–H and O–H groups in total. The van der Waals surface area contributed by atoms with Crippen molar-refractivity contribution in [3.63, 3.8) is 0 Å². The second-order valence-electron chi connectivity index (χ2n) is 6.44. The van der Waals surface area contributed by atoms with Gasteiger partial charge in [0.2, 0.25) is 0 Å². The Morgan fingerprint density at radius 3 is 2.75 bits per heavy atom. The fraction of sp³-hybridized carbons (Fsp3) is 0.450. The standard InChI is InChI=1S/C20H27N5O3/c1-2-27-18-7-4-3-6-17(18)23-20(26)28-15-5-10-24-11-13-25(14-12-24)19-16-21-8-9-22-19/h3-4,6-9,16H,2,5,10-15H2,1H3,(H,23,26). The summed E-state index contributed by atoms with van der Waals surface area (Å²) in [6, 6.07) is 7.33. The summed E-state index contributed by atoms with van der Waals surface area (Å²) in [7, 11) is 0. The lowest BCUT2D eigenvalue weighted by molar-refractivity contribution is 0.150. The van der Waals surface area contributed by atoms with E-state index in [-0.39, 0.29) is 0 Å². The second kappa shape index (κ2) is 10.5. The first kappa shape index (κ1) is 19.9. The fourth-order valence-electron chi connectivity index (χ4n) is 3.11. The number of nitrogens with one attached hydrogen (secondary N) is 1. The van der Waals surface area contributed by atoms with Crippen LogP contribution in [0.15, 0.2) is 42.9 Å². The Morgan fingerprint density at radius 1 is 1.18 bits per heavy atom. The lowest BCUT2D eigenvalue weighted by Gasteiger charge is -2.35. The van der Waals surface area contributed by atoms with Gasteiger partial charge >= 0.3 is 6.09 Å². The molecule has 1 amide bonds. The number of aromatic nitrogens is 2. The Hall–Kier alpha value is -2.87. The van der Waals surface area contributed by atoms with Crippen LogP contribution in [0, 0.1) is 0 Å². The molecule has 1 aromatic carbocycles. The highest BCUT2D eigenvalue weighted by Crippen LogP contribution is 2.23. The summed E-state index contributed by atoms with van der Waals surface area (Å²) in [5.41, 5.74) is 0.620. The Bertz CT molecular complexity index is 736. The highest BCUT2D eigenvalue weighted by molar-refractivity contribution is 5.86. The maximum atomic E-state index is 12.0. The minimum Gasteiger partial charge on any atom is -0.492 e. The number of benzene rings is 1. The molecule has 1 aromatic heterocycles. The van der Waals surface area contributed by atoms with Crippen molar-refractivity contribution in [2.24, 2.45) is 0 Å². The maximum Gasteiger partial charge on any atom is 0.411 e. The van der Waals surface area contributed by atoms with Crippen molar-refractivity contribution in [2.75, 3.05) is 56.2 Å². The molecular weight excluding hydrogens is 358 g/mol. The number of carbonyl (C=O) groups excluding carboxylic acids is 1. The molecule has 0 radical (unpaired) electrons. The van der Waals surface area contributed by atoms with E-state index >= 15 is 0 Å². The smallest absolute Gasteiger partial charge is 0.411 e. The predicted octanol–water partition coefficient (Wildman–Crippen LogP) is 2.64. The zero-order valence-electron chi connectivity index (χ0n) is 16.2. The zero-order chi connectivity index (χ0) is 19.6. The summed E-state index contributed by atoms with van der Waals surface area (Å²) in [6.45, 7) is 7.50. The number of amides is 1. The number of piperazine rings is 1. The van der Waals surface area contributed by atoms with E-state index in [1.165, 1.54) is 0 Å². The van der Waals surface area contributed by atoms with Gasteiger partial charge in [-0.05, 0) is 25.5 Å². The third-order valence-corrected chi connectivity index (χ3v) is 4.52. The zero-order valence-corrected chi connectivity index (χ0v) is 16.2. The number of ether oxygens (including phenoxy) is 2. The maximum absolute atomic E-state index is 12.0. The third kappa shape index (κ3) is 5.82. The monoisotopic (exact) mass is 385 g/mol. The van der Waals surface area contributed by atoms with Gasteiger partial charge < -0.3 is 14.4 Å². The van der Waals surface area contributed by atoms with Gasteiger partial charge in [-0.2, -0.15) is 0 Å². The molecule has 2 aromatic rings. The van der Waals surface area contributed by atoms with E-state index in [1.54, 1.807) is 24.7 Å². The average Bonchev–Trinajstić information content (AvgIpc) is 2.74. The van der Waals surface area contributed by atoms with Crippen LogP contribution in [0.3, 0.4) is 0 Å². The first-order valence-corrected chi connectivity index (χ1v) is 9.65. The molecule has 1 saturated heterocycles. The van der Waals surface area contributed by atoms with Crippen molar-refractivity contribution in [3.05, 3.63) is 42.9 Å². The van der Waals surface area contributed by atoms with Gasteiger partial charge in [-0.1, -0.05) is 12.1 Å². The SMILES string of the molecule is CCOc1ccccc1NC(=O)OCCCN1CCN(c2cnccn2)CC1. The van der Waals surface area contributed by atoms with Crippen LogP contribution in [0.25, 0.3) is 0 Å². The normalized spacial score (nSPS) is 14.5. The van der Waals surface area contributed by atoms with E-state index in [4.69, 9.17) is 9.47 Å². The number of nitrogens with zero attached hydrogens (tertiary/aromatic N) is 4. The largest absolute Gasteiger partial charge is 0.492 e. The van der Waals surface area contributed by atoms with Gasteiger partial charge in [0, 0.05) is 45.1 Å². The molecule has 150 valence electrons. The molecule has 0 aliphatic carbocycles.